The van der Waals surface area contributed by atoms with Gasteiger partial charge in [0, 0.05) is 6.54 Å². The molecule has 2 aromatic rings. The van der Waals surface area contributed by atoms with E-state index in [0.717, 1.165) is 12.8 Å². The van der Waals surface area contributed by atoms with Crippen LogP contribution in [0.25, 0.3) is 5.69 Å². The van der Waals surface area contributed by atoms with E-state index in [0.29, 0.717) is 24.4 Å². The van der Waals surface area contributed by atoms with Gasteiger partial charge in [-0.05, 0) is 56.2 Å². The summed E-state index contributed by atoms with van der Waals surface area (Å²) in [5.41, 5.74) is -0.580. The van der Waals surface area contributed by atoms with Crippen LogP contribution < -0.4 is 11.0 Å². The number of aromatic nitrogens is 3. The molecule has 1 unspecified atom stereocenters. The molecule has 0 radical (unpaired) electrons. The smallest absolute Gasteiger partial charge is 0.348 e. The fraction of sp³-hybridized carbons (Fsp3) is 0.526. The lowest BCUT2D eigenvalue weighted by molar-refractivity contribution is -0.0361. The number of carbonyl (C=O) groups excluding carboxylic acids is 1. The number of nitrogens with one attached hydrogen (secondary N) is 2. The second-order valence-corrected chi connectivity index (χ2v) is 8.60. The van der Waals surface area contributed by atoms with Crippen molar-refractivity contribution in [3.63, 3.8) is 0 Å². The lowest BCUT2D eigenvalue weighted by atomic mass is 9.70. The van der Waals surface area contributed by atoms with E-state index in [2.05, 4.69) is 29.2 Å². The minimum atomic E-state index is -0.919. The van der Waals surface area contributed by atoms with E-state index in [1.54, 1.807) is 19.1 Å². The summed E-state index contributed by atoms with van der Waals surface area (Å²) in [6.45, 7) is 6.09. The maximum Gasteiger partial charge on any atom is 0.348 e. The van der Waals surface area contributed by atoms with Gasteiger partial charge in [-0.15, -0.1) is 0 Å². The lowest BCUT2D eigenvalue weighted by Gasteiger charge is -2.41. The van der Waals surface area contributed by atoms with Crippen molar-refractivity contribution >= 4 is 17.5 Å². The minimum absolute atomic E-state index is 0.0499. The highest BCUT2D eigenvalue weighted by Gasteiger charge is 2.38. The summed E-state index contributed by atoms with van der Waals surface area (Å²) in [5.74, 6) is 0.0852. The third-order valence-corrected chi connectivity index (χ3v) is 5.38. The van der Waals surface area contributed by atoms with Crippen LogP contribution in [-0.2, 0) is 0 Å². The Hall–Kier alpha value is -2.12. The predicted octanol–water partition coefficient (Wildman–Crippen LogP) is 2.58. The van der Waals surface area contributed by atoms with E-state index in [1.807, 2.05) is 0 Å². The molecule has 0 spiro atoms. The van der Waals surface area contributed by atoms with Crippen LogP contribution in [0.1, 0.15) is 55.7 Å². The molecule has 27 heavy (non-hydrogen) atoms. The molecule has 1 aromatic carbocycles. The summed E-state index contributed by atoms with van der Waals surface area (Å²) in [7, 11) is 0. The van der Waals surface area contributed by atoms with E-state index in [-0.39, 0.29) is 34.1 Å². The number of amides is 1. The highest BCUT2D eigenvalue weighted by molar-refractivity contribution is 6.33. The number of H-pyrrole nitrogens is 1. The second-order valence-electron chi connectivity index (χ2n) is 8.19. The quantitative estimate of drug-likeness (QED) is 0.744. The third kappa shape index (κ3) is 4.42. The van der Waals surface area contributed by atoms with Crippen molar-refractivity contribution in [2.75, 3.05) is 6.54 Å². The molecular weight excluding hydrogens is 368 g/mol. The highest BCUT2D eigenvalue weighted by atomic mass is 35.5. The summed E-state index contributed by atoms with van der Waals surface area (Å²) >= 11 is 6.19. The first-order valence-electron chi connectivity index (χ1n) is 9.05. The number of aromatic amines is 1. The average molecular weight is 393 g/mol. The zero-order valence-electron chi connectivity index (χ0n) is 15.8. The van der Waals surface area contributed by atoms with Crippen molar-refractivity contribution in [1.82, 2.24) is 20.1 Å². The first kappa shape index (κ1) is 19.6. The summed E-state index contributed by atoms with van der Waals surface area (Å²) in [4.78, 5) is 27.2. The Balaban J connectivity index is 1.78. The number of carbonyl (C=O) groups is 1. The topological polar surface area (TPSA) is 100 Å². The minimum Gasteiger partial charge on any atom is -0.388 e. The van der Waals surface area contributed by atoms with Crippen LogP contribution in [-0.4, -0.2) is 37.9 Å². The number of nitrogens with zero attached hydrogens (tertiary/aromatic N) is 2. The van der Waals surface area contributed by atoms with Crippen LogP contribution in [0.2, 0.25) is 5.02 Å². The zero-order chi connectivity index (χ0) is 19.8. The standard InChI is InChI=1S/C19H25ClN4O3/c1-12-22-17(26)24(23-12)13-5-6-15(20)14(9-13)16(25)21-11-19(27)8-4-7-18(2,3)10-19/h5-6,9,27H,4,7-8,10-11H2,1-3H3,(H,21,25)(H,22,23,26). The van der Waals surface area contributed by atoms with Crippen molar-refractivity contribution in [2.24, 2.45) is 5.41 Å². The monoisotopic (exact) mass is 392 g/mol. The molecule has 3 rings (SSSR count). The number of hydrogen-bond donors (Lipinski definition) is 3. The SMILES string of the molecule is Cc1nn(-c2ccc(Cl)c(C(=O)NCC3(O)CCCC(C)(C)C3)c2)c(=O)[nH]1. The third-order valence-electron chi connectivity index (χ3n) is 5.05. The van der Waals surface area contributed by atoms with Gasteiger partial charge in [0.05, 0.1) is 21.9 Å². The Labute approximate surface area is 162 Å². The van der Waals surface area contributed by atoms with E-state index < -0.39 is 5.60 Å². The van der Waals surface area contributed by atoms with Crippen molar-refractivity contribution < 1.29 is 9.90 Å². The molecule has 1 heterocycles. The van der Waals surface area contributed by atoms with Gasteiger partial charge in [0.2, 0.25) is 0 Å². The normalized spacial score (nSPS) is 21.8. The van der Waals surface area contributed by atoms with Crippen molar-refractivity contribution in [3.05, 3.63) is 45.1 Å². The molecule has 146 valence electrons. The van der Waals surface area contributed by atoms with Crippen molar-refractivity contribution in [3.8, 4) is 5.69 Å². The Bertz CT molecular complexity index is 918. The van der Waals surface area contributed by atoms with Crippen LogP contribution in [0, 0.1) is 12.3 Å². The fourth-order valence-corrected chi connectivity index (χ4v) is 4.08. The zero-order valence-corrected chi connectivity index (χ0v) is 16.6. The molecule has 8 heteroatoms. The molecule has 0 saturated heterocycles. The van der Waals surface area contributed by atoms with Crippen LogP contribution >= 0.6 is 11.6 Å². The average Bonchev–Trinajstić information content (AvgIpc) is 2.90. The number of halogens is 1. The molecular formula is C19H25ClN4O3. The largest absolute Gasteiger partial charge is 0.388 e. The Morgan fingerprint density at radius 2 is 2.15 bits per heavy atom. The number of hydrogen-bond acceptors (Lipinski definition) is 4. The van der Waals surface area contributed by atoms with E-state index in [9.17, 15) is 14.7 Å². The Morgan fingerprint density at radius 1 is 1.41 bits per heavy atom. The van der Waals surface area contributed by atoms with Gasteiger partial charge < -0.3 is 10.4 Å². The van der Waals surface area contributed by atoms with Gasteiger partial charge in [-0.2, -0.15) is 9.78 Å². The van der Waals surface area contributed by atoms with Gasteiger partial charge in [-0.25, -0.2) is 4.79 Å². The summed E-state index contributed by atoms with van der Waals surface area (Å²) in [5, 5.41) is 18.0. The molecule has 1 fully saturated rings. The van der Waals surface area contributed by atoms with Gasteiger partial charge in [0.25, 0.3) is 5.91 Å². The van der Waals surface area contributed by atoms with Crippen molar-refractivity contribution in [2.45, 2.75) is 52.1 Å². The van der Waals surface area contributed by atoms with E-state index in [4.69, 9.17) is 11.6 Å². The van der Waals surface area contributed by atoms with Crippen molar-refractivity contribution in [1.29, 1.82) is 0 Å². The molecule has 1 aliphatic rings. The maximum atomic E-state index is 12.7. The number of rotatable bonds is 4. The summed E-state index contributed by atoms with van der Waals surface area (Å²) in [6.07, 6.45) is 3.29. The molecule has 0 aliphatic heterocycles. The molecule has 1 atom stereocenters. The van der Waals surface area contributed by atoms with Crippen LogP contribution in [0.5, 0.6) is 0 Å². The van der Waals surface area contributed by atoms with E-state index in [1.165, 1.54) is 10.7 Å². The Kier molecular flexibility index (Phi) is 5.18. The first-order chi connectivity index (χ1) is 12.6. The highest BCUT2D eigenvalue weighted by Crippen LogP contribution is 2.40. The van der Waals surface area contributed by atoms with E-state index >= 15 is 0 Å². The molecule has 1 aromatic heterocycles. The maximum absolute atomic E-state index is 12.7. The van der Waals surface area contributed by atoms with Gasteiger partial charge in [-0.3, -0.25) is 9.78 Å². The predicted molar refractivity (Wildman–Crippen MR) is 103 cm³/mol. The summed E-state index contributed by atoms with van der Waals surface area (Å²) in [6, 6.07) is 4.70. The van der Waals surface area contributed by atoms with Gasteiger partial charge in [-0.1, -0.05) is 25.4 Å². The Morgan fingerprint density at radius 3 is 2.78 bits per heavy atom. The van der Waals surface area contributed by atoms with Crippen LogP contribution in [0.3, 0.4) is 0 Å². The van der Waals surface area contributed by atoms with Crippen LogP contribution in [0.15, 0.2) is 23.0 Å². The van der Waals surface area contributed by atoms with Gasteiger partial charge in [0.1, 0.15) is 5.82 Å². The molecule has 7 nitrogen and oxygen atoms in total. The molecule has 0 bridgehead atoms. The lowest BCUT2D eigenvalue weighted by Crippen LogP contribution is -2.48. The molecule has 1 saturated carbocycles. The first-order valence-corrected chi connectivity index (χ1v) is 9.43. The summed E-state index contributed by atoms with van der Waals surface area (Å²) < 4.78 is 1.18. The molecule has 1 amide bonds. The number of aliphatic hydroxyl groups is 1. The van der Waals surface area contributed by atoms with Crippen LogP contribution in [0.4, 0.5) is 0 Å². The fourth-order valence-electron chi connectivity index (χ4n) is 3.88. The number of aryl methyl sites for hydroxylation is 1. The van der Waals surface area contributed by atoms with Gasteiger partial charge >= 0.3 is 5.69 Å². The second kappa shape index (κ2) is 7.13. The molecule has 1 aliphatic carbocycles. The molecule has 3 N–H and O–H groups in total. The van der Waals surface area contributed by atoms with Gasteiger partial charge in [0.15, 0.2) is 0 Å². The number of benzene rings is 1.